The summed E-state index contributed by atoms with van der Waals surface area (Å²) in [5, 5.41) is 7.71. The van der Waals surface area contributed by atoms with E-state index in [1.54, 1.807) is 0 Å². The van der Waals surface area contributed by atoms with Gasteiger partial charge in [0.2, 0.25) is 5.89 Å². The van der Waals surface area contributed by atoms with Crippen molar-refractivity contribution in [1.82, 2.24) is 10.2 Å². The predicted molar refractivity (Wildman–Crippen MR) is 65.4 cm³/mol. The molecule has 2 unspecified atom stereocenters. The fourth-order valence-corrected chi connectivity index (χ4v) is 2.09. The van der Waals surface area contributed by atoms with E-state index in [1.165, 1.54) is 0 Å². The molecule has 0 amide bonds. The molecule has 1 aromatic heterocycles. The van der Waals surface area contributed by atoms with Gasteiger partial charge < -0.3 is 14.1 Å². The molecule has 2 heterocycles. The zero-order chi connectivity index (χ0) is 12.3. The highest BCUT2D eigenvalue weighted by Gasteiger charge is 2.24. The molecule has 0 bridgehead atoms. The molecule has 1 saturated heterocycles. The highest BCUT2D eigenvalue weighted by atomic mass is 35.5. The first-order valence-electron chi connectivity index (χ1n) is 6.04. The smallest absolute Gasteiger partial charge is 0.318 e. The SMILES string of the molecule is CCOC1CCCN(c2nnc(C(C)Cl)o2)C1. The summed E-state index contributed by atoms with van der Waals surface area (Å²) < 4.78 is 11.2. The lowest BCUT2D eigenvalue weighted by Crippen LogP contribution is -2.39. The molecule has 0 saturated carbocycles. The molecule has 0 radical (unpaired) electrons. The predicted octanol–water partition coefficient (Wildman–Crippen LogP) is 2.37. The van der Waals surface area contributed by atoms with E-state index in [4.69, 9.17) is 20.8 Å². The van der Waals surface area contributed by atoms with Gasteiger partial charge in [-0.15, -0.1) is 16.7 Å². The summed E-state index contributed by atoms with van der Waals surface area (Å²) in [5.41, 5.74) is 0. The maximum atomic E-state index is 5.89. The number of rotatable bonds is 4. The molecule has 2 rings (SSSR count). The molecule has 0 N–H and O–H groups in total. The summed E-state index contributed by atoms with van der Waals surface area (Å²) in [6.45, 7) is 6.32. The zero-order valence-corrected chi connectivity index (χ0v) is 11.0. The van der Waals surface area contributed by atoms with Crippen molar-refractivity contribution in [2.24, 2.45) is 0 Å². The number of piperidine rings is 1. The molecule has 5 nitrogen and oxygen atoms in total. The van der Waals surface area contributed by atoms with Gasteiger partial charge in [0.1, 0.15) is 5.38 Å². The Hall–Kier alpha value is -0.810. The van der Waals surface area contributed by atoms with Crippen LogP contribution in [0.5, 0.6) is 0 Å². The Morgan fingerprint density at radius 2 is 2.41 bits per heavy atom. The van der Waals surface area contributed by atoms with Gasteiger partial charge in [-0.3, -0.25) is 0 Å². The summed E-state index contributed by atoms with van der Waals surface area (Å²) >= 11 is 5.89. The largest absolute Gasteiger partial charge is 0.406 e. The van der Waals surface area contributed by atoms with E-state index in [0.717, 1.165) is 32.5 Å². The number of ether oxygens (including phenoxy) is 1. The van der Waals surface area contributed by atoms with Crippen LogP contribution in [0, 0.1) is 0 Å². The Balaban J connectivity index is 2.00. The van der Waals surface area contributed by atoms with Crippen LogP contribution in [0.3, 0.4) is 0 Å². The molecule has 2 atom stereocenters. The van der Waals surface area contributed by atoms with E-state index in [1.807, 2.05) is 13.8 Å². The summed E-state index contributed by atoms with van der Waals surface area (Å²) in [6.07, 6.45) is 2.44. The van der Waals surface area contributed by atoms with Crippen LogP contribution in [-0.4, -0.2) is 36.0 Å². The van der Waals surface area contributed by atoms with Gasteiger partial charge in [0.05, 0.1) is 6.10 Å². The molecule has 0 spiro atoms. The maximum absolute atomic E-state index is 5.89. The van der Waals surface area contributed by atoms with Crippen molar-refractivity contribution in [2.45, 2.75) is 38.2 Å². The molecule has 1 aliphatic heterocycles. The first-order chi connectivity index (χ1) is 8.20. The minimum absolute atomic E-state index is 0.247. The molecule has 0 aliphatic carbocycles. The van der Waals surface area contributed by atoms with Gasteiger partial charge in [0.25, 0.3) is 0 Å². The third kappa shape index (κ3) is 3.10. The quantitative estimate of drug-likeness (QED) is 0.777. The lowest BCUT2D eigenvalue weighted by atomic mass is 10.1. The van der Waals surface area contributed by atoms with Crippen LogP contribution >= 0.6 is 11.6 Å². The molecular formula is C11H18ClN3O2. The van der Waals surface area contributed by atoms with E-state index in [0.29, 0.717) is 11.9 Å². The maximum Gasteiger partial charge on any atom is 0.318 e. The second-order valence-electron chi connectivity index (χ2n) is 4.20. The summed E-state index contributed by atoms with van der Waals surface area (Å²) in [4.78, 5) is 2.07. The van der Waals surface area contributed by atoms with Gasteiger partial charge in [-0.1, -0.05) is 5.10 Å². The van der Waals surface area contributed by atoms with Crippen LogP contribution in [0.2, 0.25) is 0 Å². The van der Waals surface area contributed by atoms with Crippen molar-refractivity contribution >= 4 is 17.6 Å². The Bertz CT molecular complexity index is 354. The van der Waals surface area contributed by atoms with Crippen molar-refractivity contribution in [2.75, 3.05) is 24.6 Å². The molecule has 96 valence electrons. The van der Waals surface area contributed by atoms with Gasteiger partial charge in [0, 0.05) is 19.7 Å². The van der Waals surface area contributed by atoms with Crippen LogP contribution in [-0.2, 0) is 4.74 Å². The standard InChI is InChI=1S/C11H18ClN3O2/c1-3-16-9-5-4-6-15(7-9)11-14-13-10(17-11)8(2)12/h8-9H,3-7H2,1-2H3. The van der Waals surface area contributed by atoms with Gasteiger partial charge in [-0.05, 0) is 26.7 Å². The minimum atomic E-state index is -0.247. The van der Waals surface area contributed by atoms with E-state index in [9.17, 15) is 0 Å². The molecular weight excluding hydrogens is 242 g/mol. The van der Waals surface area contributed by atoms with Crippen LogP contribution in [0.1, 0.15) is 38.0 Å². The number of hydrogen-bond donors (Lipinski definition) is 0. The number of anilines is 1. The normalized spacial score (nSPS) is 22.8. The van der Waals surface area contributed by atoms with E-state index >= 15 is 0 Å². The number of halogens is 1. The Morgan fingerprint density at radius 3 is 3.06 bits per heavy atom. The van der Waals surface area contributed by atoms with Gasteiger partial charge in [0.15, 0.2) is 0 Å². The van der Waals surface area contributed by atoms with Crippen LogP contribution in [0.4, 0.5) is 6.01 Å². The highest BCUT2D eigenvalue weighted by molar-refractivity contribution is 6.20. The fraction of sp³-hybridized carbons (Fsp3) is 0.818. The van der Waals surface area contributed by atoms with Crippen molar-refractivity contribution in [1.29, 1.82) is 0 Å². The Labute approximate surface area is 106 Å². The topological polar surface area (TPSA) is 51.4 Å². The number of aromatic nitrogens is 2. The first kappa shape index (κ1) is 12.6. The average molecular weight is 260 g/mol. The van der Waals surface area contributed by atoms with E-state index in [-0.39, 0.29) is 11.5 Å². The van der Waals surface area contributed by atoms with Crippen LogP contribution in [0.25, 0.3) is 0 Å². The van der Waals surface area contributed by atoms with Crippen LogP contribution < -0.4 is 4.90 Å². The van der Waals surface area contributed by atoms with Crippen molar-refractivity contribution in [3.8, 4) is 0 Å². The second-order valence-corrected chi connectivity index (χ2v) is 4.86. The van der Waals surface area contributed by atoms with Crippen molar-refractivity contribution in [3.63, 3.8) is 0 Å². The summed E-state index contributed by atoms with van der Waals surface area (Å²) in [5.74, 6) is 0.472. The van der Waals surface area contributed by atoms with E-state index < -0.39 is 0 Å². The third-order valence-corrected chi connectivity index (χ3v) is 3.01. The first-order valence-corrected chi connectivity index (χ1v) is 6.48. The molecule has 1 aliphatic rings. The minimum Gasteiger partial charge on any atom is -0.406 e. The van der Waals surface area contributed by atoms with E-state index in [2.05, 4.69) is 15.1 Å². The van der Waals surface area contributed by atoms with Crippen molar-refractivity contribution < 1.29 is 9.15 Å². The monoisotopic (exact) mass is 259 g/mol. The lowest BCUT2D eigenvalue weighted by molar-refractivity contribution is 0.0516. The number of nitrogens with zero attached hydrogens (tertiary/aromatic N) is 3. The summed E-state index contributed by atoms with van der Waals surface area (Å²) in [7, 11) is 0. The Morgan fingerprint density at radius 1 is 1.59 bits per heavy atom. The highest BCUT2D eigenvalue weighted by Crippen LogP contribution is 2.24. The van der Waals surface area contributed by atoms with Gasteiger partial charge in [-0.2, -0.15) is 0 Å². The molecule has 1 aromatic rings. The number of alkyl halides is 1. The zero-order valence-electron chi connectivity index (χ0n) is 10.2. The molecule has 6 heteroatoms. The van der Waals surface area contributed by atoms with Gasteiger partial charge >= 0.3 is 6.01 Å². The summed E-state index contributed by atoms with van der Waals surface area (Å²) in [6, 6.07) is 0.553. The molecule has 1 fully saturated rings. The molecule has 17 heavy (non-hydrogen) atoms. The Kier molecular flexibility index (Phi) is 4.23. The molecule has 0 aromatic carbocycles. The van der Waals surface area contributed by atoms with Gasteiger partial charge in [-0.25, -0.2) is 0 Å². The third-order valence-electron chi connectivity index (χ3n) is 2.82. The number of hydrogen-bond acceptors (Lipinski definition) is 5. The fourth-order valence-electron chi connectivity index (χ4n) is 2.00. The second kappa shape index (κ2) is 5.69. The lowest BCUT2D eigenvalue weighted by Gasteiger charge is -2.30. The average Bonchev–Trinajstić information content (AvgIpc) is 2.79. The van der Waals surface area contributed by atoms with Crippen molar-refractivity contribution in [3.05, 3.63) is 5.89 Å². The van der Waals surface area contributed by atoms with Crippen LogP contribution in [0.15, 0.2) is 4.42 Å².